The minimum atomic E-state index is -0.615. The Morgan fingerprint density at radius 3 is 2.44 bits per heavy atom. The molecule has 6 nitrogen and oxygen atoms in total. The molecule has 0 saturated carbocycles. The predicted octanol–water partition coefficient (Wildman–Crippen LogP) is 3.19. The van der Waals surface area contributed by atoms with E-state index >= 15 is 0 Å². The second-order valence-corrected chi connectivity index (χ2v) is 5.89. The molecule has 0 bridgehead atoms. The molecular weight excluding hydrogens is 320 g/mol. The summed E-state index contributed by atoms with van der Waals surface area (Å²) < 4.78 is 15.9. The highest BCUT2D eigenvalue weighted by Crippen LogP contribution is 2.34. The second-order valence-electron chi connectivity index (χ2n) is 5.89. The highest BCUT2D eigenvalue weighted by molar-refractivity contribution is 5.69. The van der Waals surface area contributed by atoms with Crippen LogP contribution < -0.4 is 20.0 Å². The summed E-state index contributed by atoms with van der Waals surface area (Å²) in [5.41, 5.74) is 0.780. The number of methoxy groups -OCH3 is 2. The van der Waals surface area contributed by atoms with Crippen LogP contribution in [0.2, 0.25) is 0 Å². The first kappa shape index (κ1) is 16.9. The van der Waals surface area contributed by atoms with Gasteiger partial charge in [0.25, 0.3) is 0 Å². The quantitative estimate of drug-likeness (QED) is 0.851. The molecule has 1 aromatic carbocycles. The number of anilines is 1. The van der Waals surface area contributed by atoms with Gasteiger partial charge >= 0.3 is 5.63 Å². The average molecular weight is 340 g/mol. The van der Waals surface area contributed by atoms with Gasteiger partial charge in [-0.15, -0.1) is 0 Å². The third-order valence-electron chi connectivity index (χ3n) is 4.41. The molecule has 0 aliphatic carbocycles. The second kappa shape index (κ2) is 7.31. The number of nitriles is 1. The lowest BCUT2D eigenvalue weighted by molar-refractivity contribution is 0.355. The summed E-state index contributed by atoms with van der Waals surface area (Å²) in [4.78, 5) is 14.4. The molecule has 130 valence electrons. The molecule has 0 atom stereocenters. The van der Waals surface area contributed by atoms with E-state index in [1.54, 1.807) is 38.5 Å². The van der Waals surface area contributed by atoms with Crippen molar-refractivity contribution in [3.8, 4) is 28.9 Å². The maximum Gasteiger partial charge on any atom is 0.356 e. The van der Waals surface area contributed by atoms with Gasteiger partial charge in [0.1, 0.15) is 11.8 Å². The normalized spacial score (nSPS) is 14.0. The van der Waals surface area contributed by atoms with Crippen molar-refractivity contribution in [1.82, 2.24) is 0 Å². The fraction of sp³-hybridized carbons (Fsp3) is 0.368. The van der Waals surface area contributed by atoms with E-state index in [0.717, 1.165) is 25.9 Å². The third kappa shape index (κ3) is 3.31. The molecule has 0 N–H and O–H groups in total. The highest BCUT2D eigenvalue weighted by atomic mass is 16.5. The molecule has 1 aromatic heterocycles. The van der Waals surface area contributed by atoms with Gasteiger partial charge in [-0.05, 0) is 37.5 Å². The topological polar surface area (TPSA) is 75.7 Å². The van der Waals surface area contributed by atoms with Crippen LogP contribution in [0.15, 0.2) is 33.5 Å². The van der Waals surface area contributed by atoms with E-state index in [4.69, 9.17) is 13.9 Å². The Balaban J connectivity index is 2.10. The Labute approximate surface area is 146 Å². The molecule has 6 heteroatoms. The lowest BCUT2D eigenvalue weighted by Gasteiger charge is -2.29. The maximum absolute atomic E-state index is 12.3. The molecular formula is C19H20N2O4. The van der Waals surface area contributed by atoms with Crippen molar-refractivity contribution in [3.05, 3.63) is 40.2 Å². The van der Waals surface area contributed by atoms with E-state index in [1.165, 1.54) is 6.42 Å². The van der Waals surface area contributed by atoms with Crippen molar-refractivity contribution < 1.29 is 13.9 Å². The minimum absolute atomic E-state index is 0.0612. The molecule has 1 saturated heterocycles. The lowest BCUT2D eigenvalue weighted by Crippen LogP contribution is -2.31. The van der Waals surface area contributed by atoms with Crippen LogP contribution in [0.4, 0.5) is 5.69 Å². The van der Waals surface area contributed by atoms with Gasteiger partial charge in [-0.25, -0.2) is 4.79 Å². The summed E-state index contributed by atoms with van der Waals surface area (Å²) in [5.74, 6) is 1.55. The molecule has 0 radical (unpaired) electrons. The number of hydrogen-bond donors (Lipinski definition) is 0. The molecule has 1 fully saturated rings. The molecule has 0 amide bonds. The number of piperidine rings is 1. The van der Waals surface area contributed by atoms with Gasteiger partial charge in [0.05, 0.1) is 19.9 Å². The minimum Gasteiger partial charge on any atom is -0.493 e. The summed E-state index contributed by atoms with van der Waals surface area (Å²) in [7, 11) is 3.11. The zero-order valence-electron chi connectivity index (χ0n) is 14.4. The average Bonchev–Trinajstić information content (AvgIpc) is 2.67. The number of rotatable bonds is 4. The fourth-order valence-electron chi connectivity index (χ4n) is 3.10. The smallest absolute Gasteiger partial charge is 0.356 e. The molecule has 1 aliphatic rings. The number of benzene rings is 1. The van der Waals surface area contributed by atoms with Gasteiger partial charge in [0.2, 0.25) is 0 Å². The molecule has 2 aromatic rings. The van der Waals surface area contributed by atoms with Crippen LogP contribution in [0.3, 0.4) is 0 Å². The lowest BCUT2D eigenvalue weighted by atomic mass is 10.1. The van der Waals surface area contributed by atoms with E-state index in [-0.39, 0.29) is 5.56 Å². The van der Waals surface area contributed by atoms with Crippen LogP contribution in [-0.2, 0) is 0 Å². The van der Waals surface area contributed by atoms with Gasteiger partial charge in [-0.3, -0.25) is 0 Å². The monoisotopic (exact) mass is 340 g/mol. The molecule has 0 unspecified atom stereocenters. The number of ether oxygens (including phenoxy) is 2. The van der Waals surface area contributed by atoms with Gasteiger partial charge in [0.15, 0.2) is 17.1 Å². The van der Waals surface area contributed by atoms with Crippen molar-refractivity contribution in [1.29, 1.82) is 5.26 Å². The van der Waals surface area contributed by atoms with E-state index in [0.29, 0.717) is 28.5 Å². The van der Waals surface area contributed by atoms with Crippen LogP contribution in [0.25, 0.3) is 11.3 Å². The summed E-state index contributed by atoms with van der Waals surface area (Å²) >= 11 is 0. The SMILES string of the molecule is COc1ccc(-c2cc(N3CCCCC3)c(C#N)c(=O)o2)cc1OC. The van der Waals surface area contributed by atoms with Crippen LogP contribution >= 0.6 is 0 Å². The molecule has 0 spiro atoms. The highest BCUT2D eigenvalue weighted by Gasteiger charge is 2.20. The van der Waals surface area contributed by atoms with Crippen molar-refractivity contribution in [3.63, 3.8) is 0 Å². The van der Waals surface area contributed by atoms with E-state index < -0.39 is 5.63 Å². The predicted molar refractivity (Wildman–Crippen MR) is 94.3 cm³/mol. The largest absolute Gasteiger partial charge is 0.493 e. The van der Waals surface area contributed by atoms with Crippen LogP contribution in [-0.4, -0.2) is 27.3 Å². The number of nitrogens with zero attached hydrogens (tertiary/aromatic N) is 2. The van der Waals surface area contributed by atoms with Gasteiger partial charge in [-0.2, -0.15) is 5.26 Å². The van der Waals surface area contributed by atoms with Crippen LogP contribution in [0, 0.1) is 11.3 Å². The van der Waals surface area contributed by atoms with E-state index in [9.17, 15) is 10.1 Å². The Morgan fingerprint density at radius 1 is 1.08 bits per heavy atom. The first-order valence-corrected chi connectivity index (χ1v) is 8.23. The summed E-state index contributed by atoms with van der Waals surface area (Å²) in [6.45, 7) is 1.67. The first-order valence-electron chi connectivity index (χ1n) is 8.23. The van der Waals surface area contributed by atoms with E-state index in [2.05, 4.69) is 4.90 Å². The van der Waals surface area contributed by atoms with Crippen LogP contribution in [0.1, 0.15) is 24.8 Å². The number of hydrogen-bond acceptors (Lipinski definition) is 6. The summed E-state index contributed by atoms with van der Waals surface area (Å²) in [6.07, 6.45) is 3.27. The molecule has 1 aliphatic heterocycles. The van der Waals surface area contributed by atoms with Crippen molar-refractivity contribution in [2.75, 3.05) is 32.2 Å². The van der Waals surface area contributed by atoms with Crippen molar-refractivity contribution in [2.45, 2.75) is 19.3 Å². The Kier molecular flexibility index (Phi) is 4.94. The Morgan fingerprint density at radius 2 is 1.80 bits per heavy atom. The third-order valence-corrected chi connectivity index (χ3v) is 4.41. The molecule has 3 rings (SSSR count). The fourth-order valence-corrected chi connectivity index (χ4v) is 3.10. The van der Waals surface area contributed by atoms with Gasteiger partial charge in [-0.1, -0.05) is 0 Å². The Bertz CT molecular complexity index is 861. The molecule has 2 heterocycles. The molecule has 25 heavy (non-hydrogen) atoms. The zero-order chi connectivity index (χ0) is 17.8. The van der Waals surface area contributed by atoms with Gasteiger partial charge < -0.3 is 18.8 Å². The maximum atomic E-state index is 12.3. The first-order chi connectivity index (χ1) is 12.2. The van der Waals surface area contributed by atoms with Crippen molar-refractivity contribution in [2.24, 2.45) is 0 Å². The van der Waals surface area contributed by atoms with Crippen LogP contribution in [0.5, 0.6) is 11.5 Å². The zero-order valence-corrected chi connectivity index (χ0v) is 14.4. The summed E-state index contributed by atoms with van der Waals surface area (Å²) in [6, 6.07) is 9.07. The van der Waals surface area contributed by atoms with E-state index in [1.807, 2.05) is 6.07 Å². The van der Waals surface area contributed by atoms with Crippen molar-refractivity contribution >= 4 is 5.69 Å². The standard InChI is InChI=1S/C19H20N2O4/c1-23-16-7-6-13(10-18(16)24-2)17-11-15(14(12-20)19(22)25-17)21-8-4-3-5-9-21/h6-7,10-11H,3-5,8-9H2,1-2H3. The van der Waals surface area contributed by atoms with Gasteiger partial charge in [0, 0.05) is 24.7 Å². The Hall–Kier alpha value is -2.94. The summed E-state index contributed by atoms with van der Waals surface area (Å²) in [5, 5.41) is 9.37.